The van der Waals surface area contributed by atoms with Crippen LogP contribution in [0.4, 0.5) is 0 Å². The van der Waals surface area contributed by atoms with E-state index < -0.39 is 53.6 Å². The molecule has 0 radical (unpaired) electrons. The summed E-state index contributed by atoms with van der Waals surface area (Å²) in [6, 6.07) is 7.56. The Morgan fingerprint density at radius 1 is 1.00 bits per heavy atom. The summed E-state index contributed by atoms with van der Waals surface area (Å²) in [4.78, 5) is 60.9. The molecule has 242 valence electrons. The molecule has 5 aliphatic heterocycles. The molecule has 0 aromatic heterocycles. The van der Waals surface area contributed by atoms with Crippen molar-refractivity contribution in [2.75, 3.05) is 59.1 Å². The number of nitrogens with one attached hydrogen (secondary N) is 1. The molecule has 0 aliphatic carbocycles. The Bertz CT molecular complexity index is 1330. The maximum absolute atomic E-state index is 14.5. The lowest BCUT2D eigenvalue weighted by atomic mass is 9.74. The lowest BCUT2D eigenvalue weighted by molar-refractivity contribution is -0.161. The average Bonchev–Trinajstić information content (AvgIpc) is 3.69. The number of morpholine rings is 1. The molecular weight excluding hydrogens is 580 g/mol. The molecule has 5 bridgehead atoms. The number of amides is 3. The molecule has 2 N–H and O–H groups in total. The number of esters is 1. The Hall–Kier alpha value is -3.58. The number of hydrogen-bond donors (Lipinski definition) is 2. The molecule has 12 nitrogen and oxygen atoms in total. The van der Waals surface area contributed by atoms with Crippen molar-refractivity contribution >= 4 is 23.7 Å². The molecule has 5 aliphatic rings. The number of β-amino-alcohol motifs (C(OH)–C–C–N with tert-alkyl or cyclic N) is 1. The van der Waals surface area contributed by atoms with E-state index in [1.165, 1.54) is 4.90 Å². The normalized spacial score (nSPS) is 35.0. The van der Waals surface area contributed by atoms with E-state index in [0.29, 0.717) is 38.3 Å². The first kappa shape index (κ1) is 31.4. The zero-order valence-electron chi connectivity index (χ0n) is 25.6. The van der Waals surface area contributed by atoms with Gasteiger partial charge in [-0.05, 0) is 18.9 Å². The number of benzene rings is 1. The first-order valence-electron chi connectivity index (χ1n) is 15.9. The molecular formula is C33H42N4O8. The fourth-order valence-corrected chi connectivity index (χ4v) is 7.36. The number of rotatable bonds is 6. The summed E-state index contributed by atoms with van der Waals surface area (Å²) in [5, 5.41) is 12.9. The number of nitrogens with zero attached hydrogens (tertiary/aromatic N) is 3. The van der Waals surface area contributed by atoms with Gasteiger partial charge in [0.15, 0.2) is 0 Å². The van der Waals surface area contributed by atoms with E-state index in [1.807, 2.05) is 42.5 Å². The highest BCUT2D eigenvalue weighted by atomic mass is 16.6. The van der Waals surface area contributed by atoms with Gasteiger partial charge in [-0.1, -0.05) is 54.6 Å². The number of ether oxygens (including phenoxy) is 3. The van der Waals surface area contributed by atoms with Crippen molar-refractivity contribution in [3.05, 3.63) is 60.2 Å². The average molecular weight is 623 g/mol. The number of allylic oxidation sites excluding steroid dienone is 1. The summed E-state index contributed by atoms with van der Waals surface area (Å²) in [5.74, 6) is -3.53. The molecule has 1 aromatic carbocycles. The van der Waals surface area contributed by atoms with Gasteiger partial charge in [0.25, 0.3) is 0 Å². The number of carbonyl (C=O) groups excluding carboxylic acids is 4. The maximum Gasteiger partial charge on any atom is 0.313 e. The van der Waals surface area contributed by atoms with E-state index in [2.05, 4.69) is 10.2 Å². The van der Waals surface area contributed by atoms with E-state index >= 15 is 0 Å². The monoisotopic (exact) mass is 622 g/mol. The quantitative estimate of drug-likeness (QED) is 0.342. The first-order chi connectivity index (χ1) is 21.8. The van der Waals surface area contributed by atoms with Crippen LogP contribution >= 0.6 is 0 Å². The molecule has 12 heteroatoms. The van der Waals surface area contributed by atoms with E-state index in [1.54, 1.807) is 24.0 Å². The second kappa shape index (κ2) is 13.4. The summed E-state index contributed by atoms with van der Waals surface area (Å²) in [5.41, 5.74) is -0.663. The van der Waals surface area contributed by atoms with Crippen molar-refractivity contribution in [1.29, 1.82) is 0 Å². The SMILES string of the molecule is C[C@H]1NC(=O)CC/C=C\CN(CCN2CCOCC2)C(=O)[C@@H]2N(CCO)C(=O)[C@H]3[C@H](C(=O)O[C@@H]1c1ccccc1)[C@@H]1C=C[C@]23O1. The number of likely N-dealkylation sites (tertiary alicyclic amines) is 1. The first-order valence-corrected chi connectivity index (χ1v) is 15.9. The van der Waals surface area contributed by atoms with E-state index in [4.69, 9.17) is 14.2 Å². The minimum absolute atomic E-state index is 0.0695. The third-order valence-electron chi connectivity index (χ3n) is 9.57. The van der Waals surface area contributed by atoms with Gasteiger partial charge < -0.3 is 34.4 Å². The fraction of sp³-hybridized carbons (Fsp3) is 0.576. The Morgan fingerprint density at radius 2 is 1.78 bits per heavy atom. The lowest BCUT2D eigenvalue weighted by Crippen LogP contribution is -2.57. The largest absolute Gasteiger partial charge is 0.455 e. The van der Waals surface area contributed by atoms with Crippen LogP contribution in [0, 0.1) is 11.8 Å². The van der Waals surface area contributed by atoms with Crippen molar-refractivity contribution in [1.82, 2.24) is 20.0 Å². The molecule has 1 spiro atoms. The second-order valence-electron chi connectivity index (χ2n) is 12.3. The Kier molecular flexibility index (Phi) is 9.36. The van der Waals surface area contributed by atoms with Crippen molar-refractivity contribution in [2.45, 2.75) is 49.7 Å². The van der Waals surface area contributed by atoms with E-state index in [0.717, 1.165) is 13.1 Å². The number of fused-ring (bicyclic) bond motifs is 2. The molecule has 5 heterocycles. The highest BCUT2D eigenvalue weighted by molar-refractivity contribution is 5.99. The predicted molar refractivity (Wildman–Crippen MR) is 161 cm³/mol. The van der Waals surface area contributed by atoms with Gasteiger partial charge in [0.1, 0.15) is 23.7 Å². The number of carbonyl (C=O) groups is 4. The summed E-state index contributed by atoms with van der Waals surface area (Å²) >= 11 is 0. The van der Waals surface area contributed by atoms with Gasteiger partial charge >= 0.3 is 5.97 Å². The topological polar surface area (TPSA) is 138 Å². The fourth-order valence-electron chi connectivity index (χ4n) is 7.36. The number of aliphatic hydroxyl groups is 1. The van der Waals surface area contributed by atoms with Crippen LogP contribution in [-0.2, 0) is 33.4 Å². The standard InChI is InChI=1S/C33H42N4O8/c1-22-28(23-8-4-2-5-9-23)44-32(42)26-24-11-12-33(45-24)27(26)30(40)37(16-19-38)29(33)31(41)36(13-7-3-6-10-25(39)34-22)15-14-35-17-20-43-21-18-35/h2-5,7-9,11-12,22,24,26-29,38H,6,10,13-21H2,1H3,(H,34,39)/b7-3-/t22-,24+,26-,27-,28+,29+,33-/m1/s1. The molecule has 1 aromatic rings. The Morgan fingerprint density at radius 3 is 2.53 bits per heavy atom. The Balaban J connectivity index is 1.35. The van der Waals surface area contributed by atoms with Crippen LogP contribution in [0.5, 0.6) is 0 Å². The van der Waals surface area contributed by atoms with Crippen molar-refractivity contribution < 1.29 is 38.5 Å². The minimum atomic E-state index is -1.37. The van der Waals surface area contributed by atoms with Gasteiger partial charge in [0.2, 0.25) is 17.7 Å². The van der Waals surface area contributed by atoms with Crippen molar-refractivity contribution in [3.8, 4) is 0 Å². The zero-order valence-corrected chi connectivity index (χ0v) is 25.6. The molecule has 3 saturated heterocycles. The highest BCUT2D eigenvalue weighted by Crippen LogP contribution is 2.55. The third-order valence-corrected chi connectivity index (χ3v) is 9.57. The van der Waals surface area contributed by atoms with Gasteiger partial charge in [-0.25, -0.2) is 0 Å². The third kappa shape index (κ3) is 6.04. The van der Waals surface area contributed by atoms with Crippen molar-refractivity contribution in [2.24, 2.45) is 11.8 Å². The molecule has 0 saturated carbocycles. The van der Waals surface area contributed by atoms with Crippen LogP contribution in [0.3, 0.4) is 0 Å². The van der Waals surface area contributed by atoms with Crippen LogP contribution in [0.2, 0.25) is 0 Å². The van der Waals surface area contributed by atoms with Crippen molar-refractivity contribution in [3.63, 3.8) is 0 Å². The van der Waals surface area contributed by atoms with Gasteiger partial charge in [-0.3, -0.25) is 24.1 Å². The van der Waals surface area contributed by atoms with E-state index in [-0.39, 0.29) is 37.9 Å². The summed E-state index contributed by atoms with van der Waals surface area (Å²) in [6.45, 7) is 5.44. The molecule has 3 amide bonds. The maximum atomic E-state index is 14.5. The second-order valence-corrected chi connectivity index (χ2v) is 12.3. The number of hydrogen-bond acceptors (Lipinski definition) is 9. The van der Waals surface area contributed by atoms with Crippen LogP contribution in [-0.4, -0.2) is 126 Å². The van der Waals surface area contributed by atoms with Gasteiger partial charge in [0, 0.05) is 45.7 Å². The summed E-state index contributed by atoms with van der Waals surface area (Å²) < 4.78 is 18.1. The number of aliphatic hydroxyl groups excluding tert-OH is 1. The highest BCUT2D eigenvalue weighted by Gasteiger charge is 2.73. The molecule has 0 unspecified atom stereocenters. The smallest absolute Gasteiger partial charge is 0.313 e. The van der Waals surface area contributed by atoms with Gasteiger partial charge in [0.05, 0.1) is 37.9 Å². The summed E-state index contributed by atoms with van der Waals surface area (Å²) in [7, 11) is 0. The van der Waals surface area contributed by atoms with Gasteiger partial charge in [-0.2, -0.15) is 0 Å². The Labute approximate surface area is 262 Å². The molecule has 6 rings (SSSR count). The van der Waals surface area contributed by atoms with Crippen LogP contribution in [0.25, 0.3) is 0 Å². The van der Waals surface area contributed by atoms with Gasteiger partial charge in [-0.15, -0.1) is 0 Å². The number of cyclic esters (lactones) is 1. The summed E-state index contributed by atoms with van der Waals surface area (Å²) in [6.07, 6.45) is 6.38. The van der Waals surface area contributed by atoms with Crippen LogP contribution in [0.15, 0.2) is 54.6 Å². The predicted octanol–water partition coefficient (Wildman–Crippen LogP) is 0.429. The van der Waals surface area contributed by atoms with Crippen LogP contribution in [0.1, 0.15) is 31.4 Å². The minimum Gasteiger partial charge on any atom is -0.455 e. The molecule has 45 heavy (non-hydrogen) atoms. The molecule has 7 atom stereocenters. The van der Waals surface area contributed by atoms with Crippen LogP contribution < -0.4 is 5.32 Å². The lowest BCUT2D eigenvalue weighted by Gasteiger charge is -2.36. The molecule has 3 fully saturated rings. The zero-order chi connectivity index (χ0) is 31.6. The van der Waals surface area contributed by atoms with E-state index in [9.17, 15) is 24.3 Å².